The van der Waals surface area contributed by atoms with Gasteiger partial charge in [0.05, 0.1) is 30.2 Å². The van der Waals surface area contributed by atoms with E-state index in [2.05, 4.69) is 15.5 Å². The number of ketones is 1. The van der Waals surface area contributed by atoms with E-state index in [0.717, 1.165) is 4.57 Å². The Hall–Kier alpha value is -5.74. The molecule has 50 heavy (non-hydrogen) atoms. The average molecular weight is 696 g/mol. The number of nitrogens with one attached hydrogen (secondary N) is 1. The lowest BCUT2D eigenvalue weighted by atomic mass is 10.2. The number of amides is 3. The summed E-state index contributed by atoms with van der Waals surface area (Å²) in [6.45, 7) is 6.77. The predicted molar refractivity (Wildman–Crippen MR) is 177 cm³/mol. The van der Waals surface area contributed by atoms with Crippen molar-refractivity contribution >= 4 is 57.5 Å². The van der Waals surface area contributed by atoms with Crippen LogP contribution in [0.25, 0.3) is 10.8 Å². The topological polar surface area (TPSA) is 196 Å². The molecule has 0 saturated carbocycles. The third-order valence-corrected chi connectivity index (χ3v) is 7.99. The minimum absolute atomic E-state index is 0.152. The van der Waals surface area contributed by atoms with Gasteiger partial charge in [0.25, 0.3) is 5.78 Å². The lowest BCUT2D eigenvalue weighted by Crippen LogP contribution is -2.49. The number of carbonyl (C=O) groups excluding carboxylic acids is 5. The molecule has 16 nitrogen and oxygen atoms in total. The maximum atomic E-state index is 15.3. The molecule has 2 aliphatic heterocycles. The van der Waals surface area contributed by atoms with Crippen LogP contribution < -0.4 is 15.1 Å². The minimum atomic E-state index is -1.03. The summed E-state index contributed by atoms with van der Waals surface area (Å²) in [5, 5.41) is 32.4. The summed E-state index contributed by atoms with van der Waals surface area (Å²) in [4.78, 5) is 65.2. The fourth-order valence-electron chi connectivity index (χ4n) is 5.54. The molecular formula is C33H38FN7O9. The van der Waals surface area contributed by atoms with Crippen LogP contribution in [-0.2, 0) is 35.2 Å². The molecule has 0 aliphatic carbocycles. The number of aromatic hydroxyl groups is 2. The standard InChI is InChI=1S/C33H38FN7O9/c1-19(42)35-15-22-17-40(32(48)49-22)21-6-8-26(25(34)14-21)38-9-11-39(12-10-38)28(44)18-41-29(45)23-7-5-20(13-24(23)30(41)46)37-36-16-27(43)31(47)50-33(2,3)4/h5-8,13-14,22,45-46H,9-12,15-18H2,1-4H3,(H,35,42)/t22-/m0/s1. The van der Waals surface area contributed by atoms with E-state index in [4.69, 9.17) is 9.47 Å². The van der Waals surface area contributed by atoms with Gasteiger partial charge in [-0.1, -0.05) is 0 Å². The molecule has 17 heteroatoms. The molecule has 266 valence electrons. The number of benzene rings is 2. The van der Waals surface area contributed by atoms with Crippen molar-refractivity contribution in [1.29, 1.82) is 0 Å². The number of hydrogen-bond donors (Lipinski definition) is 3. The van der Waals surface area contributed by atoms with Crippen molar-refractivity contribution in [1.82, 2.24) is 14.8 Å². The lowest BCUT2D eigenvalue weighted by molar-refractivity contribution is -0.161. The zero-order valence-corrected chi connectivity index (χ0v) is 28.0. The Balaban J connectivity index is 1.17. The van der Waals surface area contributed by atoms with Crippen LogP contribution in [0.4, 0.5) is 26.2 Å². The molecule has 0 unspecified atom stereocenters. The fraction of sp³-hybridized carbons (Fsp3) is 0.424. The summed E-state index contributed by atoms with van der Waals surface area (Å²) < 4.78 is 26.6. The number of esters is 1. The van der Waals surface area contributed by atoms with Gasteiger partial charge in [-0.25, -0.2) is 14.0 Å². The van der Waals surface area contributed by atoms with Crippen LogP contribution in [0.1, 0.15) is 27.7 Å². The van der Waals surface area contributed by atoms with Crippen molar-refractivity contribution in [2.45, 2.75) is 45.9 Å². The highest BCUT2D eigenvalue weighted by Gasteiger charge is 2.33. The second-order valence-electron chi connectivity index (χ2n) is 12.8. The Morgan fingerprint density at radius 2 is 1.72 bits per heavy atom. The smallest absolute Gasteiger partial charge is 0.414 e. The molecule has 3 aromatic rings. The van der Waals surface area contributed by atoms with E-state index >= 15 is 4.39 Å². The van der Waals surface area contributed by atoms with Crippen LogP contribution in [-0.4, -0.2) is 107 Å². The third kappa shape index (κ3) is 8.10. The number of cyclic esters (lactones) is 1. The second kappa shape index (κ2) is 14.4. The van der Waals surface area contributed by atoms with Crippen molar-refractivity contribution in [3.63, 3.8) is 0 Å². The quantitative estimate of drug-likeness (QED) is 0.161. The molecule has 1 atom stereocenters. The number of halogens is 1. The van der Waals surface area contributed by atoms with Gasteiger partial charge < -0.3 is 34.8 Å². The summed E-state index contributed by atoms with van der Waals surface area (Å²) in [5.41, 5.74) is 0.0211. The number of piperazine rings is 1. The summed E-state index contributed by atoms with van der Waals surface area (Å²) in [6.07, 6.45) is -1.19. The first kappa shape index (κ1) is 35.6. The summed E-state index contributed by atoms with van der Waals surface area (Å²) in [6, 6.07) is 8.80. The van der Waals surface area contributed by atoms with Crippen LogP contribution >= 0.6 is 0 Å². The Kier molecular flexibility index (Phi) is 10.2. The molecule has 0 spiro atoms. The Bertz CT molecular complexity index is 1860. The van der Waals surface area contributed by atoms with Crippen molar-refractivity contribution in [3.8, 4) is 11.8 Å². The Labute approximate surface area is 286 Å². The first-order valence-electron chi connectivity index (χ1n) is 15.8. The van der Waals surface area contributed by atoms with E-state index in [9.17, 15) is 34.2 Å². The van der Waals surface area contributed by atoms with Gasteiger partial charge in [-0.15, -0.1) is 0 Å². The van der Waals surface area contributed by atoms with E-state index < -0.39 is 41.9 Å². The van der Waals surface area contributed by atoms with Crippen LogP contribution in [0.5, 0.6) is 11.8 Å². The van der Waals surface area contributed by atoms with Gasteiger partial charge in [0.1, 0.15) is 30.6 Å². The molecule has 1 aromatic heterocycles. The Morgan fingerprint density at radius 3 is 2.38 bits per heavy atom. The second-order valence-corrected chi connectivity index (χ2v) is 12.8. The molecule has 5 rings (SSSR count). The zero-order chi connectivity index (χ0) is 36.3. The maximum absolute atomic E-state index is 15.3. The third-order valence-electron chi connectivity index (χ3n) is 7.99. The van der Waals surface area contributed by atoms with Crippen molar-refractivity contribution in [3.05, 3.63) is 42.2 Å². The lowest BCUT2D eigenvalue weighted by Gasteiger charge is -2.36. The monoisotopic (exact) mass is 695 g/mol. The van der Waals surface area contributed by atoms with Gasteiger partial charge in [-0.05, 0) is 57.2 Å². The van der Waals surface area contributed by atoms with E-state index in [1.807, 2.05) is 0 Å². The molecule has 2 aliphatic rings. The minimum Gasteiger partial charge on any atom is -0.494 e. The summed E-state index contributed by atoms with van der Waals surface area (Å²) in [7, 11) is 0. The molecule has 0 radical (unpaired) electrons. The normalized spacial score (nSPS) is 16.6. The number of aromatic nitrogens is 1. The molecule has 2 fully saturated rings. The van der Waals surface area contributed by atoms with Crippen LogP contribution in [0.3, 0.4) is 0 Å². The molecule has 2 saturated heterocycles. The Morgan fingerprint density at radius 1 is 1.02 bits per heavy atom. The van der Waals surface area contributed by atoms with Gasteiger partial charge >= 0.3 is 12.1 Å². The number of Topliss-reactive ketones (excluding diaryl/α,β-unsaturated/α-hetero) is 1. The van der Waals surface area contributed by atoms with E-state index in [0.29, 0.717) is 24.5 Å². The predicted octanol–water partition coefficient (Wildman–Crippen LogP) is 3.00. The molecule has 3 amide bonds. The molecule has 3 N–H and O–H groups in total. The maximum Gasteiger partial charge on any atom is 0.414 e. The summed E-state index contributed by atoms with van der Waals surface area (Å²) in [5.74, 6) is -3.80. The molecule has 0 bridgehead atoms. The number of nitrogens with zero attached hydrogens (tertiary/aromatic N) is 6. The highest BCUT2D eigenvalue weighted by Crippen LogP contribution is 2.38. The van der Waals surface area contributed by atoms with Crippen molar-refractivity contribution in [2.75, 3.05) is 55.6 Å². The number of anilines is 2. The highest BCUT2D eigenvalue weighted by atomic mass is 19.1. The SMILES string of the molecule is CC(=O)NC[C@H]1CN(c2ccc(N3CCN(C(=O)Cn4c(O)c5ccc(N=NCC(=O)C(=O)OC(C)(C)C)cc5c4O)CC3)c(F)c2)C(=O)O1. The summed E-state index contributed by atoms with van der Waals surface area (Å²) >= 11 is 0. The van der Waals surface area contributed by atoms with Gasteiger partial charge in [0.2, 0.25) is 23.6 Å². The fourth-order valence-corrected chi connectivity index (χ4v) is 5.54. The van der Waals surface area contributed by atoms with Gasteiger partial charge in [-0.3, -0.25) is 23.9 Å². The largest absolute Gasteiger partial charge is 0.494 e. The van der Waals surface area contributed by atoms with E-state index in [1.165, 1.54) is 36.1 Å². The van der Waals surface area contributed by atoms with E-state index in [-0.39, 0.29) is 72.8 Å². The van der Waals surface area contributed by atoms with E-state index in [1.54, 1.807) is 42.7 Å². The number of azo groups is 1. The van der Waals surface area contributed by atoms with Crippen molar-refractivity contribution < 1.29 is 48.0 Å². The van der Waals surface area contributed by atoms with Gasteiger partial charge in [-0.2, -0.15) is 10.2 Å². The number of ether oxygens (including phenoxy) is 2. The zero-order valence-electron chi connectivity index (χ0n) is 28.0. The first-order valence-corrected chi connectivity index (χ1v) is 15.8. The molecule has 3 heterocycles. The number of fused-ring (bicyclic) bond motifs is 1. The number of rotatable bonds is 10. The van der Waals surface area contributed by atoms with Gasteiger partial charge in [0.15, 0.2) is 0 Å². The molecular weight excluding hydrogens is 657 g/mol. The molecule has 2 aromatic carbocycles. The average Bonchev–Trinajstić information content (AvgIpc) is 3.54. The first-order chi connectivity index (χ1) is 23.6. The number of carbonyl (C=O) groups is 5. The van der Waals surface area contributed by atoms with Crippen LogP contribution in [0, 0.1) is 5.82 Å². The van der Waals surface area contributed by atoms with Crippen molar-refractivity contribution in [2.24, 2.45) is 10.2 Å². The number of hydrogen-bond acceptors (Lipinski definition) is 12. The van der Waals surface area contributed by atoms with Gasteiger partial charge in [0, 0.05) is 43.9 Å². The highest BCUT2D eigenvalue weighted by molar-refractivity contribution is 6.34. The van der Waals surface area contributed by atoms with Crippen LogP contribution in [0.2, 0.25) is 0 Å². The van der Waals surface area contributed by atoms with Crippen LogP contribution in [0.15, 0.2) is 46.6 Å².